The van der Waals surface area contributed by atoms with E-state index in [0.717, 1.165) is 19.3 Å². The second-order valence-corrected chi connectivity index (χ2v) is 7.94. The molecule has 146 valence electrons. The third-order valence-electron chi connectivity index (χ3n) is 4.45. The van der Waals surface area contributed by atoms with Crippen LogP contribution in [0.1, 0.15) is 66.2 Å². The molecule has 1 saturated carbocycles. The monoisotopic (exact) mass is 365 g/mol. The van der Waals surface area contributed by atoms with E-state index in [2.05, 4.69) is 10.5 Å². The Kier molecular flexibility index (Phi) is 7.06. The average Bonchev–Trinajstić information content (AvgIpc) is 3.23. The zero-order valence-corrected chi connectivity index (χ0v) is 16.3. The highest BCUT2D eigenvalue weighted by Crippen LogP contribution is 2.27. The number of carbonyl (C=O) groups is 2. The molecule has 1 aromatic heterocycles. The Balaban J connectivity index is 2.12. The number of carbonyl (C=O) groups excluding carboxylic acids is 2. The van der Waals surface area contributed by atoms with Crippen LogP contribution in [0.15, 0.2) is 16.9 Å². The Morgan fingerprint density at radius 1 is 1.38 bits per heavy atom. The van der Waals surface area contributed by atoms with E-state index < -0.39 is 17.7 Å². The van der Waals surface area contributed by atoms with Crippen molar-refractivity contribution in [3.63, 3.8) is 0 Å². The van der Waals surface area contributed by atoms with E-state index >= 15 is 0 Å². The lowest BCUT2D eigenvalue weighted by Gasteiger charge is -2.29. The van der Waals surface area contributed by atoms with Crippen molar-refractivity contribution >= 4 is 17.8 Å². The highest BCUT2D eigenvalue weighted by atomic mass is 16.6. The largest absolute Gasteiger partial charge is 0.444 e. The summed E-state index contributed by atoms with van der Waals surface area (Å²) in [6.07, 6.45) is 6.80. The van der Waals surface area contributed by atoms with Gasteiger partial charge in [0.25, 0.3) is 5.91 Å². The van der Waals surface area contributed by atoms with Gasteiger partial charge in [-0.15, -0.1) is 0 Å². The molecule has 1 aliphatic rings. The summed E-state index contributed by atoms with van der Waals surface area (Å²) >= 11 is 0. The van der Waals surface area contributed by atoms with Gasteiger partial charge < -0.3 is 14.6 Å². The fraction of sp³-hybridized carbons (Fsp3) is 0.737. The van der Waals surface area contributed by atoms with Crippen molar-refractivity contribution in [1.82, 2.24) is 10.5 Å². The number of nitrogens with zero attached hydrogens (tertiary/aromatic N) is 2. The SMILES string of the molecule is CCCC(NC(=O)OC(C)(C)C)C(=O)N(CC1CCCC1)c1ccon1. The predicted molar refractivity (Wildman–Crippen MR) is 98.9 cm³/mol. The maximum atomic E-state index is 13.2. The molecule has 1 unspecified atom stereocenters. The van der Waals surface area contributed by atoms with Gasteiger partial charge in [0.15, 0.2) is 5.82 Å². The lowest BCUT2D eigenvalue weighted by molar-refractivity contribution is -0.121. The third kappa shape index (κ3) is 6.04. The number of hydrogen-bond donors (Lipinski definition) is 1. The molecule has 0 aliphatic heterocycles. The Labute approximate surface area is 155 Å². The van der Waals surface area contributed by atoms with Gasteiger partial charge in [-0.3, -0.25) is 9.69 Å². The van der Waals surface area contributed by atoms with Gasteiger partial charge in [0.2, 0.25) is 0 Å². The molecule has 0 spiro atoms. The molecule has 0 radical (unpaired) electrons. The first kappa shape index (κ1) is 20.3. The van der Waals surface area contributed by atoms with Gasteiger partial charge in [-0.2, -0.15) is 0 Å². The Hall–Kier alpha value is -2.05. The van der Waals surface area contributed by atoms with Gasteiger partial charge in [-0.1, -0.05) is 31.3 Å². The van der Waals surface area contributed by atoms with Crippen molar-refractivity contribution in [2.45, 2.75) is 77.9 Å². The summed E-state index contributed by atoms with van der Waals surface area (Å²) in [6.45, 7) is 7.97. The zero-order valence-electron chi connectivity index (χ0n) is 16.3. The first-order valence-electron chi connectivity index (χ1n) is 9.51. The summed E-state index contributed by atoms with van der Waals surface area (Å²) < 4.78 is 10.3. The summed E-state index contributed by atoms with van der Waals surface area (Å²) in [5.41, 5.74) is -0.612. The number of alkyl carbamates (subject to hydrolysis) is 1. The highest BCUT2D eigenvalue weighted by Gasteiger charge is 2.31. The lowest BCUT2D eigenvalue weighted by Crippen LogP contribution is -2.51. The van der Waals surface area contributed by atoms with Crippen molar-refractivity contribution in [1.29, 1.82) is 0 Å². The normalized spacial score (nSPS) is 16.3. The van der Waals surface area contributed by atoms with Crippen molar-refractivity contribution < 1.29 is 18.8 Å². The minimum atomic E-state index is -0.645. The van der Waals surface area contributed by atoms with Crippen LogP contribution in [0.3, 0.4) is 0 Å². The number of amides is 2. The van der Waals surface area contributed by atoms with E-state index in [0.29, 0.717) is 24.7 Å². The van der Waals surface area contributed by atoms with E-state index in [1.54, 1.807) is 31.7 Å². The topological polar surface area (TPSA) is 84.7 Å². The fourth-order valence-electron chi connectivity index (χ4n) is 3.28. The van der Waals surface area contributed by atoms with Crippen LogP contribution in [-0.2, 0) is 9.53 Å². The van der Waals surface area contributed by atoms with Crippen LogP contribution in [0.25, 0.3) is 0 Å². The quantitative estimate of drug-likeness (QED) is 0.792. The number of anilines is 1. The molecule has 1 fully saturated rings. The summed E-state index contributed by atoms with van der Waals surface area (Å²) in [7, 11) is 0. The molecule has 7 nitrogen and oxygen atoms in total. The fourth-order valence-corrected chi connectivity index (χ4v) is 3.28. The molecule has 1 aliphatic carbocycles. The van der Waals surface area contributed by atoms with Crippen LogP contribution in [0.5, 0.6) is 0 Å². The van der Waals surface area contributed by atoms with Gasteiger partial charge in [0.05, 0.1) is 0 Å². The first-order chi connectivity index (χ1) is 12.3. The van der Waals surface area contributed by atoms with Crippen LogP contribution in [0.4, 0.5) is 10.6 Å². The molecule has 2 rings (SSSR count). The molecule has 1 heterocycles. The lowest BCUT2D eigenvalue weighted by atomic mass is 10.1. The minimum absolute atomic E-state index is 0.168. The van der Waals surface area contributed by atoms with Crippen molar-refractivity contribution in [2.24, 2.45) is 5.92 Å². The Morgan fingerprint density at radius 2 is 2.08 bits per heavy atom. The van der Waals surface area contributed by atoms with Crippen molar-refractivity contribution in [3.8, 4) is 0 Å². The van der Waals surface area contributed by atoms with Gasteiger partial charge in [-0.05, 0) is 46.0 Å². The van der Waals surface area contributed by atoms with Crippen LogP contribution < -0.4 is 10.2 Å². The molecule has 1 aromatic rings. The third-order valence-corrected chi connectivity index (χ3v) is 4.45. The van der Waals surface area contributed by atoms with E-state index in [-0.39, 0.29) is 5.91 Å². The maximum Gasteiger partial charge on any atom is 0.408 e. The maximum absolute atomic E-state index is 13.2. The molecule has 0 bridgehead atoms. The Morgan fingerprint density at radius 3 is 2.62 bits per heavy atom. The summed E-state index contributed by atoms with van der Waals surface area (Å²) in [4.78, 5) is 27.0. The zero-order chi connectivity index (χ0) is 19.2. The molecule has 26 heavy (non-hydrogen) atoms. The molecule has 0 aromatic carbocycles. The average molecular weight is 365 g/mol. The van der Waals surface area contributed by atoms with Crippen LogP contribution >= 0.6 is 0 Å². The first-order valence-corrected chi connectivity index (χ1v) is 9.51. The number of nitrogens with one attached hydrogen (secondary N) is 1. The van der Waals surface area contributed by atoms with Crippen molar-refractivity contribution in [3.05, 3.63) is 12.3 Å². The predicted octanol–water partition coefficient (Wildman–Crippen LogP) is 3.89. The van der Waals surface area contributed by atoms with E-state index in [9.17, 15) is 9.59 Å². The number of aromatic nitrogens is 1. The molecule has 1 atom stereocenters. The molecule has 1 N–H and O–H groups in total. The van der Waals surface area contributed by atoms with Gasteiger partial charge in [0.1, 0.15) is 17.9 Å². The van der Waals surface area contributed by atoms with E-state index in [1.165, 1.54) is 19.1 Å². The summed E-state index contributed by atoms with van der Waals surface area (Å²) in [5.74, 6) is 0.784. The molecule has 0 saturated heterocycles. The second kappa shape index (κ2) is 9.05. The van der Waals surface area contributed by atoms with Gasteiger partial charge in [0, 0.05) is 12.6 Å². The Bertz CT molecular complexity index is 574. The molecular weight excluding hydrogens is 334 g/mol. The minimum Gasteiger partial charge on any atom is -0.444 e. The molecule has 7 heteroatoms. The summed E-state index contributed by atoms with van der Waals surface area (Å²) in [5, 5.41) is 6.68. The molecular formula is C19H31N3O4. The standard InChI is InChI=1S/C19H31N3O4/c1-5-8-15(20-18(24)26-19(2,3)4)17(23)22(16-11-12-25-21-16)13-14-9-6-7-10-14/h11-12,14-15H,5-10,13H2,1-4H3,(H,20,24). The number of ether oxygens (including phenoxy) is 1. The highest BCUT2D eigenvalue weighted by molar-refractivity contribution is 5.97. The van der Waals surface area contributed by atoms with E-state index in [1.807, 2.05) is 6.92 Å². The van der Waals surface area contributed by atoms with Crippen LogP contribution in [0.2, 0.25) is 0 Å². The second-order valence-electron chi connectivity index (χ2n) is 7.94. The van der Waals surface area contributed by atoms with E-state index in [4.69, 9.17) is 9.26 Å². The van der Waals surface area contributed by atoms with Crippen LogP contribution in [-0.4, -0.2) is 35.3 Å². The number of rotatable bonds is 7. The van der Waals surface area contributed by atoms with Crippen molar-refractivity contribution in [2.75, 3.05) is 11.4 Å². The smallest absolute Gasteiger partial charge is 0.408 e. The molecule has 2 amide bonds. The van der Waals surface area contributed by atoms with Gasteiger partial charge in [-0.25, -0.2) is 4.79 Å². The van der Waals surface area contributed by atoms with Crippen LogP contribution in [0, 0.1) is 5.92 Å². The number of hydrogen-bond acceptors (Lipinski definition) is 5. The van der Waals surface area contributed by atoms with Gasteiger partial charge >= 0.3 is 6.09 Å². The summed E-state index contributed by atoms with van der Waals surface area (Å²) in [6, 6.07) is 1.04.